The Morgan fingerprint density at radius 3 is 2.39 bits per heavy atom. The van der Waals surface area contributed by atoms with E-state index in [1.165, 1.54) is 5.56 Å². The van der Waals surface area contributed by atoms with E-state index in [2.05, 4.69) is 17.2 Å². The molecule has 0 aliphatic rings. The molecule has 3 nitrogen and oxygen atoms in total. The van der Waals surface area contributed by atoms with Gasteiger partial charge in [0.2, 0.25) is 5.89 Å². The van der Waals surface area contributed by atoms with Crippen LogP contribution in [0.2, 0.25) is 5.02 Å². The molecule has 1 aromatic carbocycles. The summed E-state index contributed by atoms with van der Waals surface area (Å²) in [5, 5.41) is 4.20. The highest BCUT2D eigenvalue weighted by atomic mass is 35.5. The number of oxazole rings is 1. The van der Waals surface area contributed by atoms with E-state index in [-0.39, 0.29) is 12.1 Å². The lowest BCUT2D eigenvalue weighted by Gasteiger charge is -2.18. The quantitative estimate of drug-likeness (QED) is 0.905. The van der Waals surface area contributed by atoms with E-state index in [9.17, 15) is 0 Å². The molecule has 2 aromatic rings. The van der Waals surface area contributed by atoms with Crippen LogP contribution in [0, 0.1) is 6.92 Å². The highest BCUT2D eigenvalue weighted by molar-refractivity contribution is 6.30. The molecule has 96 valence electrons. The van der Waals surface area contributed by atoms with Crippen LogP contribution in [0.5, 0.6) is 0 Å². The van der Waals surface area contributed by atoms with Crippen molar-refractivity contribution in [2.45, 2.75) is 32.9 Å². The first-order chi connectivity index (χ1) is 8.56. The molecule has 2 unspecified atom stereocenters. The van der Waals surface area contributed by atoms with Gasteiger partial charge in [-0.2, -0.15) is 0 Å². The standard InChI is InChI=1S/C14H17ClN2O/c1-9-8-16-14(18-9)11(3)17-10(2)12-4-6-13(15)7-5-12/h4-8,10-11,17H,1-3H3. The Morgan fingerprint density at radius 2 is 1.83 bits per heavy atom. The number of aromatic nitrogens is 1. The smallest absolute Gasteiger partial charge is 0.211 e. The van der Waals surface area contributed by atoms with Crippen LogP contribution in [-0.4, -0.2) is 4.98 Å². The average molecular weight is 265 g/mol. The number of hydrogen-bond donors (Lipinski definition) is 1. The number of nitrogens with one attached hydrogen (secondary N) is 1. The highest BCUT2D eigenvalue weighted by Crippen LogP contribution is 2.20. The second kappa shape index (κ2) is 5.55. The third-order valence-electron chi connectivity index (χ3n) is 2.88. The molecule has 2 rings (SSSR count). The third-order valence-corrected chi connectivity index (χ3v) is 3.13. The van der Waals surface area contributed by atoms with E-state index in [1.54, 1.807) is 6.20 Å². The summed E-state index contributed by atoms with van der Waals surface area (Å²) in [4.78, 5) is 4.23. The summed E-state index contributed by atoms with van der Waals surface area (Å²) in [6, 6.07) is 8.12. The van der Waals surface area contributed by atoms with Crippen LogP contribution in [0.4, 0.5) is 0 Å². The third kappa shape index (κ3) is 3.12. The van der Waals surface area contributed by atoms with Gasteiger partial charge in [-0.15, -0.1) is 0 Å². The lowest BCUT2D eigenvalue weighted by atomic mass is 10.1. The molecule has 0 radical (unpaired) electrons. The Hall–Kier alpha value is -1.32. The molecule has 0 bridgehead atoms. The van der Waals surface area contributed by atoms with Crippen LogP contribution in [0.3, 0.4) is 0 Å². The van der Waals surface area contributed by atoms with Crippen molar-refractivity contribution < 1.29 is 4.42 Å². The SMILES string of the molecule is Cc1cnc(C(C)NC(C)c2ccc(Cl)cc2)o1. The summed E-state index contributed by atoms with van der Waals surface area (Å²) >= 11 is 5.88. The second-order valence-electron chi connectivity index (χ2n) is 4.47. The van der Waals surface area contributed by atoms with Crippen molar-refractivity contribution in [1.29, 1.82) is 0 Å². The zero-order valence-electron chi connectivity index (χ0n) is 10.8. The molecule has 0 saturated carbocycles. The maximum atomic E-state index is 5.88. The zero-order valence-corrected chi connectivity index (χ0v) is 11.5. The fourth-order valence-electron chi connectivity index (χ4n) is 1.87. The summed E-state index contributed by atoms with van der Waals surface area (Å²) in [7, 11) is 0. The number of halogens is 1. The van der Waals surface area contributed by atoms with Crippen LogP contribution < -0.4 is 5.32 Å². The van der Waals surface area contributed by atoms with E-state index < -0.39 is 0 Å². The summed E-state index contributed by atoms with van der Waals surface area (Å²) in [6.07, 6.45) is 1.74. The van der Waals surface area contributed by atoms with Gasteiger partial charge in [-0.1, -0.05) is 23.7 Å². The zero-order chi connectivity index (χ0) is 13.1. The van der Waals surface area contributed by atoms with E-state index >= 15 is 0 Å². The van der Waals surface area contributed by atoms with Crippen molar-refractivity contribution in [2.24, 2.45) is 0 Å². The van der Waals surface area contributed by atoms with E-state index in [1.807, 2.05) is 38.1 Å². The molecular formula is C14H17ClN2O. The monoisotopic (exact) mass is 264 g/mol. The first-order valence-corrected chi connectivity index (χ1v) is 6.38. The van der Waals surface area contributed by atoms with E-state index in [4.69, 9.17) is 16.0 Å². The lowest BCUT2D eigenvalue weighted by molar-refractivity contribution is 0.380. The van der Waals surface area contributed by atoms with Crippen LogP contribution in [0.15, 0.2) is 34.9 Å². The molecule has 0 amide bonds. The first-order valence-electron chi connectivity index (χ1n) is 6.00. The molecule has 0 saturated heterocycles. The summed E-state index contributed by atoms with van der Waals surface area (Å²) in [5.41, 5.74) is 1.19. The van der Waals surface area contributed by atoms with Crippen molar-refractivity contribution in [3.8, 4) is 0 Å². The molecule has 0 fully saturated rings. The Kier molecular flexibility index (Phi) is 4.04. The molecule has 0 aliphatic carbocycles. The Morgan fingerprint density at radius 1 is 1.17 bits per heavy atom. The molecule has 18 heavy (non-hydrogen) atoms. The van der Waals surface area contributed by atoms with Gasteiger partial charge in [-0.25, -0.2) is 4.98 Å². The number of nitrogens with zero attached hydrogens (tertiary/aromatic N) is 1. The van der Waals surface area contributed by atoms with Gasteiger partial charge < -0.3 is 4.42 Å². The van der Waals surface area contributed by atoms with Gasteiger partial charge in [0, 0.05) is 11.1 Å². The van der Waals surface area contributed by atoms with Gasteiger partial charge in [-0.3, -0.25) is 5.32 Å². The molecule has 0 spiro atoms. The minimum absolute atomic E-state index is 0.0735. The normalized spacial score (nSPS) is 14.4. The molecule has 2 atom stereocenters. The highest BCUT2D eigenvalue weighted by Gasteiger charge is 2.14. The summed E-state index contributed by atoms with van der Waals surface area (Å²) in [6.45, 7) is 6.04. The molecule has 1 aromatic heterocycles. The number of aryl methyl sites for hydroxylation is 1. The van der Waals surface area contributed by atoms with Crippen molar-refractivity contribution in [3.63, 3.8) is 0 Å². The fraction of sp³-hybridized carbons (Fsp3) is 0.357. The molecule has 1 heterocycles. The van der Waals surface area contributed by atoms with Gasteiger partial charge >= 0.3 is 0 Å². The Bertz CT molecular complexity index is 507. The number of rotatable bonds is 4. The van der Waals surface area contributed by atoms with Gasteiger partial charge in [0.25, 0.3) is 0 Å². The number of hydrogen-bond acceptors (Lipinski definition) is 3. The van der Waals surface area contributed by atoms with Crippen LogP contribution in [0.25, 0.3) is 0 Å². The predicted molar refractivity (Wildman–Crippen MR) is 72.7 cm³/mol. The van der Waals surface area contributed by atoms with Crippen LogP contribution in [0.1, 0.15) is 43.1 Å². The summed E-state index contributed by atoms with van der Waals surface area (Å²) in [5.74, 6) is 1.55. The van der Waals surface area contributed by atoms with Crippen molar-refractivity contribution in [2.75, 3.05) is 0 Å². The minimum atomic E-state index is 0.0735. The predicted octanol–water partition coefficient (Wildman–Crippen LogP) is 4.05. The van der Waals surface area contributed by atoms with Crippen LogP contribution >= 0.6 is 11.6 Å². The topological polar surface area (TPSA) is 38.1 Å². The summed E-state index contributed by atoms with van der Waals surface area (Å²) < 4.78 is 5.51. The largest absolute Gasteiger partial charge is 0.444 e. The van der Waals surface area contributed by atoms with Crippen LogP contribution in [-0.2, 0) is 0 Å². The lowest BCUT2D eigenvalue weighted by Crippen LogP contribution is -2.22. The molecular weight excluding hydrogens is 248 g/mol. The van der Waals surface area contributed by atoms with E-state index in [0.29, 0.717) is 5.89 Å². The Labute approximate surface area is 112 Å². The number of benzene rings is 1. The second-order valence-corrected chi connectivity index (χ2v) is 4.91. The van der Waals surface area contributed by atoms with Crippen molar-refractivity contribution in [1.82, 2.24) is 10.3 Å². The van der Waals surface area contributed by atoms with Crippen molar-refractivity contribution in [3.05, 3.63) is 52.7 Å². The van der Waals surface area contributed by atoms with Crippen molar-refractivity contribution >= 4 is 11.6 Å². The minimum Gasteiger partial charge on any atom is -0.444 e. The van der Waals surface area contributed by atoms with Gasteiger partial charge in [0.05, 0.1) is 12.2 Å². The van der Waals surface area contributed by atoms with Gasteiger partial charge in [0.15, 0.2) is 0 Å². The average Bonchev–Trinajstić information content (AvgIpc) is 2.76. The Balaban J connectivity index is 2.02. The molecule has 1 N–H and O–H groups in total. The first kappa shape index (κ1) is 13.1. The maximum Gasteiger partial charge on any atom is 0.211 e. The molecule has 0 aliphatic heterocycles. The van der Waals surface area contributed by atoms with E-state index in [0.717, 1.165) is 10.8 Å². The van der Waals surface area contributed by atoms with Gasteiger partial charge in [0.1, 0.15) is 5.76 Å². The van der Waals surface area contributed by atoms with Gasteiger partial charge in [-0.05, 0) is 38.5 Å². The maximum absolute atomic E-state index is 5.88. The fourth-order valence-corrected chi connectivity index (χ4v) is 1.99. The molecule has 4 heteroatoms.